The maximum Gasteiger partial charge on any atom is 0.401 e. The zero-order chi connectivity index (χ0) is 30.2. The molecule has 3 aromatic rings. The van der Waals surface area contributed by atoms with E-state index in [-0.39, 0.29) is 42.4 Å². The SMILES string of the molecule is COCCOCCN=CC(=CN)Nc1ncc(-c2ccc(CC(=O)Nc3cc(C4(C(F)(F)F)CC4)on3)c(F)c2)cn1. The van der Waals surface area contributed by atoms with E-state index >= 15 is 0 Å². The molecule has 42 heavy (non-hydrogen) atoms. The summed E-state index contributed by atoms with van der Waals surface area (Å²) < 4.78 is 69.7. The number of halogens is 4. The number of allylic oxidation sites excluding steroid dienone is 1. The van der Waals surface area contributed by atoms with Crippen molar-refractivity contribution in [1.29, 1.82) is 0 Å². The highest BCUT2D eigenvalue weighted by molar-refractivity contribution is 5.91. The highest BCUT2D eigenvalue weighted by Gasteiger charge is 2.66. The van der Waals surface area contributed by atoms with Gasteiger partial charge in [0.2, 0.25) is 11.9 Å². The van der Waals surface area contributed by atoms with Crippen molar-refractivity contribution in [3.05, 3.63) is 65.7 Å². The van der Waals surface area contributed by atoms with Gasteiger partial charge in [0.25, 0.3) is 0 Å². The first-order valence-corrected chi connectivity index (χ1v) is 12.9. The Morgan fingerprint density at radius 3 is 2.55 bits per heavy atom. The predicted molar refractivity (Wildman–Crippen MR) is 145 cm³/mol. The standard InChI is InChI=1S/C27H29F4N7O4/c1-40-8-9-41-7-6-33-16-20(13-32)36-25-34-14-19(15-35-25)17-2-3-18(21(28)10-17)11-24(39)37-23-12-22(42-38-23)26(4-5-26)27(29,30)31/h2-3,10,12-16H,4-9,11,32H2,1H3,(H,34,35,36)(H,37,38,39). The van der Waals surface area contributed by atoms with Crippen LogP contribution < -0.4 is 16.4 Å². The molecule has 1 aromatic carbocycles. The van der Waals surface area contributed by atoms with Crippen LogP contribution >= 0.6 is 0 Å². The number of aromatic nitrogens is 3. The summed E-state index contributed by atoms with van der Waals surface area (Å²) in [6.07, 6.45) is 0.761. The number of rotatable bonds is 14. The molecule has 1 aliphatic rings. The molecular weight excluding hydrogens is 562 g/mol. The third-order valence-electron chi connectivity index (χ3n) is 6.39. The summed E-state index contributed by atoms with van der Waals surface area (Å²) in [5.41, 5.74) is 5.10. The molecule has 1 fully saturated rings. The van der Waals surface area contributed by atoms with E-state index in [4.69, 9.17) is 19.7 Å². The van der Waals surface area contributed by atoms with Crippen molar-refractivity contribution < 1.29 is 36.4 Å². The van der Waals surface area contributed by atoms with Gasteiger partial charge in [-0.2, -0.15) is 13.2 Å². The van der Waals surface area contributed by atoms with Gasteiger partial charge in [0, 0.05) is 43.5 Å². The first-order chi connectivity index (χ1) is 20.1. The number of anilines is 2. The van der Waals surface area contributed by atoms with Crippen molar-refractivity contribution in [2.75, 3.05) is 44.1 Å². The maximum absolute atomic E-state index is 14.8. The molecule has 0 atom stereocenters. The largest absolute Gasteiger partial charge is 0.403 e. The second kappa shape index (κ2) is 13.5. The third kappa shape index (κ3) is 7.67. The second-order valence-electron chi connectivity index (χ2n) is 9.37. The molecular formula is C27H29F4N7O4. The van der Waals surface area contributed by atoms with Crippen LogP contribution in [0.15, 0.2) is 58.1 Å². The fraction of sp³-hybridized carbons (Fsp3) is 0.370. The number of carbonyl (C=O) groups is 1. The van der Waals surface area contributed by atoms with Crippen LogP contribution in [0.25, 0.3) is 11.1 Å². The Morgan fingerprint density at radius 2 is 1.90 bits per heavy atom. The highest BCUT2D eigenvalue weighted by Crippen LogP contribution is 2.59. The third-order valence-corrected chi connectivity index (χ3v) is 6.39. The van der Waals surface area contributed by atoms with E-state index in [1.54, 1.807) is 13.2 Å². The van der Waals surface area contributed by atoms with E-state index in [0.717, 1.165) is 6.07 Å². The second-order valence-corrected chi connectivity index (χ2v) is 9.37. The van der Waals surface area contributed by atoms with Gasteiger partial charge in [-0.25, -0.2) is 14.4 Å². The zero-order valence-corrected chi connectivity index (χ0v) is 22.6. The van der Waals surface area contributed by atoms with Crippen molar-refractivity contribution in [2.45, 2.75) is 30.9 Å². The molecule has 0 aliphatic heterocycles. The normalized spacial score (nSPS) is 14.7. The topological polar surface area (TPSA) is 150 Å². The summed E-state index contributed by atoms with van der Waals surface area (Å²) in [4.78, 5) is 25.0. The summed E-state index contributed by atoms with van der Waals surface area (Å²) in [6, 6.07) is 5.31. The van der Waals surface area contributed by atoms with Crippen molar-refractivity contribution >= 4 is 23.9 Å². The van der Waals surface area contributed by atoms with Crippen LogP contribution in [0, 0.1) is 5.82 Å². The van der Waals surface area contributed by atoms with Gasteiger partial charge in [-0.3, -0.25) is 9.79 Å². The monoisotopic (exact) mass is 591 g/mol. The molecule has 2 heterocycles. The van der Waals surface area contributed by atoms with Gasteiger partial charge in [-0.1, -0.05) is 17.3 Å². The lowest BCUT2D eigenvalue weighted by Gasteiger charge is -2.14. The molecule has 0 unspecified atom stereocenters. The van der Waals surface area contributed by atoms with E-state index in [9.17, 15) is 22.4 Å². The average Bonchev–Trinajstić information content (AvgIpc) is 3.67. The molecule has 1 amide bonds. The lowest BCUT2D eigenvalue weighted by Crippen LogP contribution is -2.28. The lowest BCUT2D eigenvalue weighted by atomic mass is 10.0. The van der Waals surface area contributed by atoms with Gasteiger partial charge >= 0.3 is 6.18 Å². The Balaban J connectivity index is 1.30. The van der Waals surface area contributed by atoms with Crippen LogP contribution in [-0.4, -0.2) is 66.9 Å². The molecule has 224 valence electrons. The minimum Gasteiger partial charge on any atom is -0.403 e. The molecule has 1 aliphatic carbocycles. The van der Waals surface area contributed by atoms with Crippen LogP contribution in [0.2, 0.25) is 0 Å². The van der Waals surface area contributed by atoms with Crippen molar-refractivity contribution in [3.63, 3.8) is 0 Å². The number of nitrogens with zero attached hydrogens (tertiary/aromatic N) is 4. The van der Waals surface area contributed by atoms with Gasteiger partial charge in [0.05, 0.1) is 38.5 Å². The number of nitrogens with two attached hydrogens (primary N) is 1. The summed E-state index contributed by atoms with van der Waals surface area (Å²) in [5.74, 6) is -1.60. The first kappa shape index (κ1) is 30.6. The van der Waals surface area contributed by atoms with Crippen LogP contribution in [-0.2, 0) is 26.1 Å². The number of ether oxygens (including phenoxy) is 2. The number of benzene rings is 1. The number of methoxy groups -OCH3 is 1. The Hall–Kier alpha value is -4.37. The number of nitrogens with one attached hydrogen (secondary N) is 2. The van der Waals surface area contributed by atoms with Crippen molar-refractivity contribution in [1.82, 2.24) is 15.1 Å². The number of hydrogen-bond donors (Lipinski definition) is 3. The predicted octanol–water partition coefficient (Wildman–Crippen LogP) is 3.99. The fourth-order valence-corrected chi connectivity index (χ4v) is 3.90. The quantitative estimate of drug-likeness (QED) is 0.144. The van der Waals surface area contributed by atoms with E-state index in [1.165, 1.54) is 36.9 Å². The number of carbonyl (C=O) groups excluding carboxylic acids is 1. The van der Waals surface area contributed by atoms with Gasteiger partial charge in [0.15, 0.2) is 11.6 Å². The Morgan fingerprint density at radius 1 is 1.14 bits per heavy atom. The summed E-state index contributed by atoms with van der Waals surface area (Å²) >= 11 is 0. The molecule has 0 bridgehead atoms. The maximum atomic E-state index is 14.8. The van der Waals surface area contributed by atoms with Gasteiger partial charge < -0.3 is 30.4 Å². The summed E-state index contributed by atoms with van der Waals surface area (Å²) in [7, 11) is 1.59. The van der Waals surface area contributed by atoms with E-state index < -0.39 is 23.3 Å². The molecule has 1 saturated carbocycles. The lowest BCUT2D eigenvalue weighted by molar-refractivity contribution is -0.165. The van der Waals surface area contributed by atoms with Crippen LogP contribution in [0.4, 0.5) is 29.3 Å². The van der Waals surface area contributed by atoms with Crippen LogP contribution in [0.5, 0.6) is 0 Å². The number of aliphatic imine (C=N–C) groups is 1. The minimum atomic E-state index is -4.47. The molecule has 2 aromatic heterocycles. The van der Waals surface area contributed by atoms with E-state index in [2.05, 4.69) is 30.8 Å². The van der Waals surface area contributed by atoms with Gasteiger partial charge in [0.1, 0.15) is 11.2 Å². The number of alkyl halides is 3. The van der Waals surface area contributed by atoms with E-state index in [0.29, 0.717) is 43.2 Å². The van der Waals surface area contributed by atoms with E-state index in [1.807, 2.05) is 0 Å². The average molecular weight is 592 g/mol. The Labute approximate surface area is 238 Å². The Kier molecular flexibility index (Phi) is 9.85. The molecule has 0 saturated heterocycles. The smallest absolute Gasteiger partial charge is 0.401 e. The molecule has 11 nitrogen and oxygen atoms in total. The fourth-order valence-electron chi connectivity index (χ4n) is 3.90. The molecule has 15 heteroatoms. The molecule has 0 radical (unpaired) electrons. The van der Waals surface area contributed by atoms with Gasteiger partial charge in [-0.15, -0.1) is 0 Å². The molecule has 4 N–H and O–H groups in total. The van der Waals surface area contributed by atoms with Crippen LogP contribution in [0.3, 0.4) is 0 Å². The summed E-state index contributed by atoms with van der Waals surface area (Å²) in [6.45, 7) is 1.84. The Bertz CT molecular complexity index is 1420. The number of hydrogen-bond acceptors (Lipinski definition) is 10. The van der Waals surface area contributed by atoms with Crippen molar-refractivity contribution in [3.8, 4) is 11.1 Å². The minimum absolute atomic E-state index is 0.0780. The highest BCUT2D eigenvalue weighted by atomic mass is 19.4. The van der Waals surface area contributed by atoms with Gasteiger partial charge in [-0.05, 0) is 30.0 Å². The first-order valence-electron chi connectivity index (χ1n) is 12.9. The summed E-state index contributed by atoms with van der Waals surface area (Å²) in [5, 5.41) is 8.78. The molecule has 4 rings (SSSR count). The van der Waals surface area contributed by atoms with Crippen molar-refractivity contribution in [2.24, 2.45) is 10.7 Å². The zero-order valence-electron chi connectivity index (χ0n) is 22.6. The van der Waals surface area contributed by atoms with Crippen LogP contribution in [0.1, 0.15) is 24.2 Å². The molecule has 0 spiro atoms. The number of amides is 1.